The van der Waals surface area contributed by atoms with Gasteiger partial charge in [0.05, 0.1) is 17.4 Å². The second kappa shape index (κ2) is 7.84. The lowest BCUT2D eigenvalue weighted by Gasteiger charge is -2.44. The summed E-state index contributed by atoms with van der Waals surface area (Å²) in [6.45, 7) is 7.76. The number of amides is 2. The summed E-state index contributed by atoms with van der Waals surface area (Å²) in [6.07, 6.45) is 1.43. The van der Waals surface area contributed by atoms with E-state index in [0.717, 1.165) is 17.1 Å². The third-order valence-corrected chi connectivity index (χ3v) is 6.86. The number of carbonyl (C=O) groups is 2. The summed E-state index contributed by atoms with van der Waals surface area (Å²) < 4.78 is 3.89. The Morgan fingerprint density at radius 2 is 1.97 bits per heavy atom. The second-order valence-corrected chi connectivity index (χ2v) is 9.04. The number of rotatable bonds is 4. The average molecular weight is 414 g/mol. The first-order valence-electron chi connectivity index (χ1n) is 10.1. The summed E-state index contributed by atoms with van der Waals surface area (Å²) in [5.74, 6) is 0.364. The fraction of sp³-hybridized carbons (Fsp3) is 0.524. The number of nitrogens with zero attached hydrogens (tertiary/aromatic N) is 4. The SMILES string of the molecule is Cc1nnsc1C(=O)N1CCC2(CC1)NC(C(C)C)C(=O)N2Cc1ccccc1. The molecule has 1 aromatic carbocycles. The van der Waals surface area contributed by atoms with Crippen molar-refractivity contribution in [3.05, 3.63) is 46.5 Å². The molecule has 1 atom stereocenters. The van der Waals surface area contributed by atoms with Gasteiger partial charge in [0.2, 0.25) is 5.91 Å². The lowest BCUT2D eigenvalue weighted by atomic mass is 9.95. The molecule has 1 spiro atoms. The van der Waals surface area contributed by atoms with Gasteiger partial charge in [0.25, 0.3) is 5.91 Å². The van der Waals surface area contributed by atoms with Crippen molar-refractivity contribution in [2.24, 2.45) is 5.92 Å². The Balaban J connectivity index is 1.54. The summed E-state index contributed by atoms with van der Waals surface area (Å²) in [5, 5.41) is 7.61. The van der Waals surface area contributed by atoms with Crippen LogP contribution in [0, 0.1) is 12.8 Å². The van der Waals surface area contributed by atoms with Crippen molar-refractivity contribution in [1.82, 2.24) is 24.7 Å². The minimum atomic E-state index is -0.403. The maximum atomic E-state index is 13.2. The summed E-state index contributed by atoms with van der Waals surface area (Å²) >= 11 is 1.15. The quantitative estimate of drug-likeness (QED) is 0.833. The molecule has 2 aromatic rings. The van der Waals surface area contributed by atoms with Gasteiger partial charge in [-0.15, -0.1) is 5.10 Å². The molecule has 8 heteroatoms. The minimum Gasteiger partial charge on any atom is -0.338 e. The molecule has 29 heavy (non-hydrogen) atoms. The zero-order valence-electron chi connectivity index (χ0n) is 17.1. The molecule has 1 unspecified atom stereocenters. The number of aryl methyl sites for hydroxylation is 1. The van der Waals surface area contributed by atoms with Crippen LogP contribution in [-0.2, 0) is 11.3 Å². The Hall–Kier alpha value is -2.32. The van der Waals surface area contributed by atoms with Crippen molar-refractivity contribution in [2.45, 2.75) is 51.9 Å². The highest BCUT2D eigenvalue weighted by Crippen LogP contribution is 2.36. The monoisotopic (exact) mass is 413 g/mol. The van der Waals surface area contributed by atoms with Crippen LogP contribution in [0.3, 0.4) is 0 Å². The second-order valence-electron chi connectivity index (χ2n) is 8.29. The molecular formula is C21H27N5O2S. The number of likely N-dealkylation sites (tertiary alicyclic amines) is 1. The van der Waals surface area contributed by atoms with E-state index < -0.39 is 5.66 Å². The molecule has 2 aliphatic heterocycles. The Kier molecular flexibility index (Phi) is 5.40. The molecule has 1 N–H and O–H groups in total. The molecule has 0 radical (unpaired) electrons. The van der Waals surface area contributed by atoms with E-state index in [9.17, 15) is 9.59 Å². The maximum absolute atomic E-state index is 13.2. The van der Waals surface area contributed by atoms with Crippen LogP contribution in [0.2, 0.25) is 0 Å². The number of benzene rings is 1. The molecule has 1 aromatic heterocycles. The van der Waals surface area contributed by atoms with Crippen molar-refractivity contribution in [2.75, 3.05) is 13.1 Å². The average Bonchev–Trinajstić information content (AvgIpc) is 3.26. The molecule has 0 bridgehead atoms. The van der Waals surface area contributed by atoms with Gasteiger partial charge in [-0.3, -0.25) is 14.9 Å². The number of carbonyl (C=O) groups excluding carboxylic acids is 2. The molecule has 0 aliphatic carbocycles. The van der Waals surface area contributed by atoms with E-state index in [1.165, 1.54) is 0 Å². The lowest BCUT2D eigenvalue weighted by molar-refractivity contribution is -0.134. The van der Waals surface area contributed by atoms with Gasteiger partial charge in [0, 0.05) is 32.5 Å². The van der Waals surface area contributed by atoms with Crippen LogP contribution in [0.1, 0.15) is 47.6 Å². The highest BCUT2D eigenvalue weighted by molar-refractivity contribution is 7.07. The standard InChI is InChI=1S/C21H27N5O2S/c1-14(2)17-19(27)26(13-16-7-5-4-6-8-16)21(22-17)9-11-25(12-10-21)20(28)18-15(3)23-24-29-18/h4-8,14,17,22H,9-13H2,1-3H3. The fourth-order valence-corrected chi connectivity index (χ4v) is 4.95. The molecule has 2 fully saturated rings. The number of hydrogen-bond acceptors (Lipinski definition) is 6. The van der Waals surface area contributed by atoms with Crippen LogP contribution in [0.25, 0.3) is 0 Å². The maximum Gasteiger partial charge on any atom is 0.267 e. The Morgan fingerprint density at radius 3 is 2.55 bits per heavy atom. The molecular weight excluding hydrogens is 386 g/mol. The molecule has 7 nitrogen and oxygen atoms in total. The molecule has 2 aliphatic rings. The first kappa shape index (κ1) is 20.0. The Morgan fingerprint density at radius 1 is 1.28 bits per heavy atom. The van der Waals surface area contributed by atoms with Crippen LogP contribution < -0.4 is 5.32 Å². The minimum absolute atomic E-state index is 0.00769. The van der Waals surface area contributed by atoms with Crippen molar-refractivity contribution in [3.63, 3.8) is 0 Å². The number of aromatic nitrogens is 2. The zero-order chi connectivity index (χ0) is 20.6. The first-order chi connectivity index (χ1) is 13.9. The van der Waals surface area contributed by atoms with Crippen molar-refractivity contribution in [3.8, 4) is 0 Å². The van der Waals surface area contributed by atoms with Gasteiger partial charge in [-0.1, -0.05) is 48.7 Å². The van der Waals surface area contributed by atoms with E-state index in [2.05, 4.69) is 40.9 Å². The lowest BCUT2D eigenvalue weighted by Crippen LogP contribution is -2.59. The van der Waals surface area contributed by atoms with Crippen molar-refractivity contribution in [1.29, 1.82) is 0 Å². The third-order valence-electron chi connectivity index (χ3n) is 6.05. The Bertz CT molecular complexity index is 889. The van der Waals surface area contributed by atoms with Gasteiger partial charge in [-0.2, -0.15) is 0 Å². The van der Waals surface area contributed by atoms with E-state index in [1.807, 2.05) is 34.9 Å². The predicted molar refractivity (Wildman–Crippen MR) is 111 cm³/mol. The molecule has 0 saturated carbocycles. The molecule has 3 heterocycles. The summed E-state index contributed by atoms with van der Waals surface area (Å²) in [4.78, 5) is 30.6. The van der Waals surface area contributed by atoms with E-state index in [0.29, 0.717) is 43.0 Å². The van der Waals surface area contributed by atoms with Gasteiger partial charge in [-0.25, -0.2) is 0 Å². The first-order valence-corrected chi connectivity index (χ1v) is 10.9. The normalized spacial score (nSPS) is 21.4. The van der Waals surface area contributed by atoms with E-state index >= 15 is 0 Å². The Labute approximate surface area is 175 Å². The molecule has 2 amide bonds. The summed E-state index contributed by atoms with van der Waals surface area (Å²) in [7, 11) is 0. The third kappa shape index (κ3) is 3.67. The predicted octanol–water partition coefficient (Wildman–Crippen LogP) is 2.44. The van der Waals surface area contributed by atoms with Gasteiger partial charge in [0.1, 0.15) is 4.88 Å². The van der Waals surface area contributed by atoms with Crippen LogP contribution in [-0.4, -0.2) is 56.0 Å². The fourth-order valence-electron chi connectivity index (χ4n) is 4.32. The van der Waals surface area contributed by atoms with Gasteiger partial charge >= 0.3 is 0 Å². The van der Waals surface area contributed by atoms with Crippen molar-refractivity contribution < 1.29 is 9.59 Å². The van der Waals surface area contributed by atoms with Gasteiger partial charge in [0.15, 0.2) is 0 Å². The topological polar surface area (TPSA) is 78.4 Å². The van der Waals surface area contributed by atoms with Crippen LogP contribution in [0.15, 0.2) is 30.3 Å². The number of nitrogens with one attached hydrogen (secondary N) is 1. The number of hydrogen-bond donors (Lipinski definition) is 1. The van der Waals surface area contributed by atoms with Gasteiger partial charge < -0.3 is 9.80 Å². The van der Waals surface area contributed by atoms with Crippen molar-refractivity contribution >= 4 is 23.3 Å². The number of piperidine rings is 1. The van der Waals surface area contributed by atoms with E-state index in [-0.39, 0.29) is 23.8 Å². The molecule has 2 saturated heterocycles. The summed E-state index contributed by atoms with van der Waals surface area (Å²) in [6, 6.07) is 9.92. The van der Waals surface area contributed by atoms with Crippen LogP contribution in [0.5, 0.6) is 0 Å². The largest absolute Gasteiger partial charge is 0.338 e. The summed E-state index contributed by atoms with van der Waals surface area (Å²) in [5.41, 5.74) is 1.40. The zero-order valence-corrected chi connectivity index (χ0v) is 17.9. The van der Waals surface area contributed by atoms with E-state index in [4.69, 9.17) is 0 Å². The van der Waals surface area contributed by atoms with Gasteiger partial charge in [-0.05, 0) is 29.9 Å². The highest BCUT2D eigenvalue weighted by atomic mass is 32.1. The van der Waals surface area contributed by atoms with E-state index in [1.54, 1.807) is 0 Å². The highest BCUT2D eigenvalue weighted by Gasteiger charge is 2.52. The van der Waals surface area contributed by atoms with Crippen LogP contribution >= 0.6 is 11.5 Å². The molecule has 154 valence electrons. The molecule has 4 rings (SSSR count). The smallest absolute Gasteiger partial charge is 0.267 e. The van der Waals surface area contributed by atoms with Crippen LogP contribution in [0.4, 0.5) is 0 Å².